The van der Waals surface area contributed by atoms with Crippen LogP contribution in [-0.2, 0) is 81.5 Å². The third-order valence-corrected chi connectivity index (χ3v) is 18.9. The van der Waals surface area contributed by atoms with Crippen molar-refractivity contribution >= 4 is 124 Å². The number of nitrogens with one attached hydrogen (secondary N) is 10. The topological polar surface area (TPSA) is 739 Å². The molecule has 17 atom stereocenters. The summed E-state index contributed by atoms with van der Waals surface area (Å²) in [5.74, 6) is -21.4. The quantitative estimate of drug-likeness (QED) is 0.0153. The zero-order valence-corrected chi connectivity index (χ0v) is 62.4. The summed E-state index contributed by atoms with van der Waals surface area (Å²) in [7, 11) is 0. The van der Waals surface area contributed by atoms with Gasteiger partial charge in [-0.25, -0.2) is 0 Å². The number of hydrogen-bond acceptors (Lipinski definition) is 25. The van der Waals surface area contributed by atoms with Gasteiger partial charge in [-0.1, -0.05) is 52.3 Å². The third-order valence-electron chi connectivity index (χ3n) is 17.8. The molecular formula is C64H108N20O24S. The van der Waals surface area contributed by atoms with Crippen LogP contribution in [0.3, 0.4) is 0 Å². The molecule has 29 N–H and O–H groups in total. The van der Waals surface area contributed by atoms with Crippen molar-refractivity contribution in [2.75, 3.05) is 45.1 Å². The molecule has 2 aliphatic rings. The van der Waals surface area contributed by atoms with Crippen LogP contribution in [0.4, 0.5) is 0 Å². The maximum absolute atomic E-state index is 14.6. The third kappa shape index (κ3) is 32.7. The second-order valence-electron chi connectivity index (χ2n) is 26.4. The van der Waals surface area contributed by atoms with E-state index in [1.54, 1.807) is 20.8 Å². The maximum atomic E-state index is 14.6. The van der Waals surface area contributed by atoms with Gasteiger partial charge in [0, 0.05) is 44.8 Å². The Morgan fingerprint density at radius 2 is 0.917 bits per heavy atom. The van der Waals surface area contributed by atoms with Crippen molar-refractivity contribution in [3.05, 3.63) is 0 Å². The Bertz CT molecular complexity index is 3270. The lowest BCUT2D eigenvalue weighted by molar-refractivity contribution is -0.146. The van der Waals surface area contributed by atoms with Crippen LogP contribution in [0, 0.1) is 11.8 Å². The second-order valence-corrected chi connectivity index (χ2v) is 27.4. The first-order valence-electron chi connectivity index (χ1n) is 35.4. The standard InChI is InChI=1S/C64H108N20O24S/c1-7-29(3)47(58(104)77-37(25-44(92)93)54(100)74-35(17-19-42(88)89)52(98)78-38(27-85)62(108)109-28-39(51(97)73-26-45(94)95)79-50(96)33(65)13-9-21-71-63(67)68)80-59(105)49(32(6)87)82-56(102)41-16-11-23-83(41)60(106)36(18-20-43(90)91)76-55(101)40-15-12-24-84(40)61(107)48(30(4)8-2)81-53(99)34(14-10-22-72-64(69)70)75-57(103)46(66)31(5)86/h29-41,46-49,85-87H,7-28,65-66H2,1-6H3,(H,73,97)(H,74,100)(H,75,103)(H,76,101)(H,77,104)(H,78,98)(H,79,96)(H,80,105)(H,81,99)(H,82,102)(H,88,89)(H,90,91)(H,92,93)(H,94,95)(H4,67,68,71)(H4,69,70,72)/t29-,30-,31+,32+,33-,34-,35-,36-,37-,38-,39-,40-,41-,46-,47-,48-,49-/m0/s1. The van der Waals surface area contributed by atoms with E-state index in [0.29, 0.717) is 6.42 Å². The van der Waals surface area contributed by atoms with Crippen molar-refractivity contribution in [2.24, 2.45) is 56.2 Å². The van der Waals surface area contributed by atoms with Crippen molar-refractivity contribution in [1.82, 2.24) is 63.0 Å². The molecule has 44 nitrogen and oxygen atoms in total. The number of hydrogen-bond donors (Lipinski definition) is 23. The molecule has 0 aliphatic carbocycles. The number of likely N-dealkylation sites (tertiary alicyclic amines) is 2. The highest BCUT2D eigenvalue weighted by Gasteiger charge is 2.45. The first-order chi connectivity index (χ1) is 51.1. The average Bonchev–Trinajstić information content (AvgIpc) is 1.70. The van der Waals surface area contributed by atoms with Gasteiger partial charge in [0.2, 0.25) is 76.0 Å². The number of amides is 12. The van der Waals surface area contributed by atoms with Crippen molar-refractivity contribution in [3.63, 3.8) is 0 Å². The molecule has 0 saturated carbocycles. The summed E-state index contributed by atoms with van der Waals surface area (Å²) in [6.45, 7) is 6.59. The van der Waals surface area contributed by atoms with Crippen LogP contribution in [0.5, 0.6) is 0 Å². The molecule has 0 bridgehead atoms. The minimum atomic E-state index is -2.14. The molecule has 109 heavy (non-hydrogen) atoms. The number of aliphatic hydroxyl groups is 3. The van der Waals surface area contributed by atoms with E-state index in [-0.39, 0.29) is 108 Å². The molecule has 0 unspecified atom stereocenters. The van der Waals surface area contributed by atoms with Crippen molar-refractivity contribution < 1.29 is 117 Å². The highest BCUT2D eigenvalue weighted by Crippen LogP contribution is 2.25. The molecule has 0 radical (unpaired) electrons. The SMILES string of the molecule is CC[C@H](C)[C@H](NC(=O)[C@@H](NC(=O)[C@@H]1CCCN1C(=O)[C@H](CCC(=O)O)NC(=O)[C@@H]1CCCN1C(=O)[C@@H](NC(=O)[C@H](CCCN=C(N)N)NC(=O)[C@@H](N)[C@@H](C)O)[C@@H](C)CC)[C@@H](C)O)C(=O)N[C@@H](CC(=O)O)C(=O)N[C@@H](CCC(=O)O)C(=O)N[C@@H](CO)C(=O)SC[C@H](NC(=O)[C@@H](N)CCCN=C(N)N)C(=O)NCC(=O)O. The van der Waals surface area contributed by atoms with Gasteiger partial charge in [-0.2, -0.15) is 0 Å². The normalized spacial score (nSPS) is 18.0. The number of aliphatic imine (C=N–C) groups is 2. The van der Waals surface area contributed by atoms with Gasteiger partial charge in [-0.3, -0.25) is 91.5 Å². The smallest absolute Gasteiger partial charge is 0.322 e. The zero-order valence-electron chi connectivity index (χ0n) is 61.6. The second kappa shape index (κ2) is 47.6. The molecule has 12 amide bonds. The van der Waals surface area contributed by atoms with Crippen LogP contribution < -0.4 is 87.6 Å². The van der Waals surface area contributed by atoms with Gasteiger partial charge in [0.05, 0.1) is 31.3 Å². The molecule has 2 heterocycles. The van der Waals surface area contributed by atoms with Gasteiger partial charge in [-0.15, -0.1) is 0 Å². The minimum Gasteiger partial charge on any atom is -0.481 e. The van der Waals surface area contributed by atoms with Crippen LogP contribution in [0.15, 0.2) is 9.98 Å². The number of aliphatic carboxylic acids is 4. The first kappa shape index (κ1) is 95.0. The molecule has 2 rings (SSSR count). The fraction of sp³-hybridized carbons (Fsp3) is 0.703. The van der Waals surface area contributed by atoms with Crippen molar-refractivity contribution in [2.45, 2.75) is 229 Å². The molecule has 0 spiro atoms. The largest absolute Gasteiger partial charge is 0.481 e. The molecule has 2 aliphatic heterocycles. The molecule has 0 aromatic carbocycles. The Labute approximate surface area is 631 Å². The number of rotatable bonds is 49. The Morgan fingerprint density at radius 1 is 0.468 bits per heavy atom. The van der Waals surface area contributed by atoms with Gasteiger partial charge in [-0.05, 0) is 89.9 Å². The molecule has 0 aromatic heterocycles. The molecule has 2 fully saturated rings. The number of nitrogens with zero attached hydrogens (tertiary/aromatic N) is 4. The predicted octanol–water partition coefficient (Wildman–Crippen LogP) is -9.40. The summed E-state index contributed by atoms with van der Waals surface area (Å²) >= 11 is 0.246. The van der Waals surface area contributed by atoms with Crippen molar-refractivity contribution in [1.29, 1.82) is 0 Å². The number of carbonyl (C=O) groups is 17. The zero-order chi connectivity index (χ0) is 82.7. The monoisotopic (exact) mass is 1570 g/mol. The number of nitrogens with two attached hydrogens (primary N) is 6. The summed E-state index contributed by atoms with van der Waals surface area (Å²) in [5, 5.41) is 91.7. The van der Waals surface area contributed by atoms with Gasteiger partial charge in [0.25, 0.3) is 0 Å². The van der Waals surface area contributed by atoms with Gasteiger partial charge >= 0.3 is 23.9 Å². The Hall–Kier alpha value is -10.1. The van der Waals surface area contributed by atoms with Crippen LogP contribution in [0.25, 0.3) is 0 Å². The highest BCUT2D eigenvalue weighted by atomic mass is 32.2. The number of carboxylic acid groups (broad SMARTS) is 4. The lowest BCUT2D eigenvalue weighted by Gasteiger charge is -2.34. The first-order valence-corrected chi connectivity index (χ1v) is 36.3. The van der Waals surface area contributed by atoms with Gasteiger partial charge in [0.1, 0.15) is 79.0 Å². The van der Waals surface area contributed by atoms with Gasteiger partial charge in [0.15, 0.2) is 11.9 Å². The summed E-state index contributed by atoms with van der Waals surface area (Å²) in [6, 6.07) is -21.1. The van der Waals surface area contributed by atoms with E-state index in [1.165, 1.54) is 18.7 Å². The predicted molar refractivity (Wildman–Crippen MR) is 386 cm³/mol. The van der Waals surface area contributed by atoms with Crippen LogP contribution in [-0.4, -0.2) is 293 Å². The number of aliphatic hydroxyl groups excluding tert-OH is 3. The Kier molecular flexibility index (Phi) is 41.5. The van der Waals surface area contributed by atoms with E-state index in [1.807, 2.05) is 5.32 Å². The highest BCUT2D eigenvalue weighted by molar-refractivity contribution is 8.13. The van der Waals surface area contributed by atoms with Crippen LogP contribution in [0.2, 0.25) is 0 Å². The van der Waals surface area contributed by atoms with E-state index < -0.39 is 253 Å². The maximum Gasteiger partial charge on any atom is 0.322 e. The van der Waals surface area contributed by atoms with Crippen LogP contribution in [0.1, 0.15) is 138 Å². The summed E-state index contributed by atoms with van der Waals surface area (Å²) in [5.41, 5.74) is 33.3. The number of carbonyl (C=O) groups excluding carboxylic acids is 13. The Morgan fingerprint density at radius 3 is 1.42 bits per heavy atom. The lowest BCUT2D eigenvalue weighted by Crippen LogP contribution is -2.62. The van der Waals surface area contributed by atoms with Crippen LogP contribution >= 0.6 is 11.8 Å². The average molecular weight is 1570 g/mol. The Balaban J connectivity index is 2.40. The number of carboxylic acids is 4. The van der Waals surface area contributed by atoms with E-state index in [2.05, 4.69) is 57.8 Å². The lowest BCUT2D eigenvalue weighted by atomic mass is 9.96. The molecule has 0 aromatic rings. The fourth-order valence-electron chi connectivity index (χ4n) is 11.1. The minimum absolute atomic E-state index is 0.00468. The summed E-state index contributed by atoms with van der Waals surface area (Å²) < 4.78 is 0. The van der Waals surface area contributed by atoms with Gasteiger partial charge < -0.3 is 133 Å². The van der Waals surface area contributed by atoms with E-state index in [9.17, 15) is 112 Å². The van der Waals surface area contributed by atoms with Crippen molar-refractivity contribution in [3.8, 4) is 0 Å². The summed E-state index contributed by atoms with van der Waals surface area (Å²) in [4.78, 5) is 238. The van der Waals surface area contributed by atoms with E-state index in [4.69, 9.17) is 39.5 Å². The molecular weight excluding hydrogens is 1460 g/mol. The fourth-order valence-corrected chi connectivity index (χ4v) is 12.0. The summed E-state index contributed by atoms with van der Waals surface area (Å²) in [6.07, 6.45) is -6.13. The number of thioether (sulfide) groups is 1. The van der Waals surface area contributed by atoms with E-state index >= 15 is 0 Å². The van der Waals surface area contributed by atoms with E-state index in [0.717, 1.165) is 11.8 Å². The number of guanidine groups is 2. The molecule has 614 valence electrons. The molecule has 2 saturated heterocycles. The molecule has 45 heteroatoms.